The Balaban J connectivity index is 0.00000192. The molecule has 0 atom stereocenters. The molecule has 0 amide bonds. The van der Waals surface area contributed by atoms with Crippen LogP contribution in [-0.4, -0.2) is 16.0 Å². The predicted octanol–water partition coefficient (Wildman–Crippen LogP) is 4.14. The Kier molecular flexibility index (Phi) is 5.60. The monoisotopic (exact) mass is 563 g/mol. The number of hydrogen-bond acceptors (Lipinski definition) is 4. The number of ether oxygens (including phenoxy) is 1. The second kappa shape index (κ2) is 8.30. The fraction of sp³-hybridized carbons (Fsp3) is 0. The molecule has 0 saturated heterocycles. The summed E-state index contributed by atoms with van der Waals surface area (Å²) in [5.74, 6) is 2.15. The minimum absolute atomic E-state index is 0. The minimum Gasteiger partial charge on any atom is -0.547 e. The first kappa shape index (κ1) is 18.9. The molecule has 3 aromatic carbocycles. The van der Waals surface area contributed by atoms with Gasteiger partial charge in [0.25, 0.3) is 0 Å². The molecule has 0 bridgehead atoms. The third-order valence-electron chi connectivity index (χ3n) is 4.09. The van der Waals surface area contributed by atoms with Gasteiger partial charge in [-0.15, -0.1) is 47.4 Å². The molecule has 28 heavy (non-hydrogen) atoms. The molecule has 2 heterocycles. The number of fused-ring (bicyclic) bond motifs is 1. The van der Waals surface area contributed by atoms with Crippen LogP contribution in [0.25, 0.3) is 5.69 Å². The van der Waals surface area contributed by atoms with E-state index < -0.39 is 0 Å². The molecular weight excluding hydrogens is 550 g/mol. The van der Waals surface area contributed by atoms with Crippen LogP contribution in [-0.2, 0) is 21.1 Å². The van der Waals surface area contributed by atoms with Gasteiger partial charge in [0.1, 0.15) is 5.75 Å². The molecule has 0 radical (unpaired) electrons. The number of hydrogen-bond donors (Lipinski definition) is 0. The zero-order valence-corrected chi connectivity index (χ0v) is 17.6. The minimum atomic E-state index is -0.120. The maximum absolute atomic E-state index is 6.02. The van der Waals surface area contributed by atoms with Crippen molar-refractivity contribution in [2.45, 2.75) is 4.90 Å². The van der Waals surface area contributed by atoms with E-state index in [2.05, 4.69) is 23.3 Å². The van der Waals surface area contributed by atoms with Crippen LogP contribution in [0, 0.1) is 12.1 Å². The van der Waals surface area contributed by atoms with E-state index in [9.17, 15) is 0 Å². The van der Waals surface area contributed by atoms with Crippen molar-refractivity contribution >= 4 is 23.3 Å². The topological polar surface area (TPSA) is 36.3 Å². The van der Waals surface area contributed by atoms with Crippen LogP contribution in [0.2, 0.25) is 0 Å². The summed E-state index contributed by atoms with van der Waals surface area (Å²) in [6.45, 7) is 0. The van der Waals surface area contributed by atoms with Gasteiger partial charge in [-0.1, -0.05) is 12.1 Å². The third-order valence-corrected chi connectivity index (χ3v) is 5.24. The second-order valence-electron chi connectivity index (χ2n) is 5.94. The van der Waals surface area contributed by atoms with E-state index in [1.54, 1.807) is 22.5 Å². The van der Waals surface area contributed by atoms with Crippen LogP contribution in [0.4, 0.5) is 0 Å². The van der Waals surface area contributed by atoms with E-state index in [1.807, 2.05) is 66.9 Å². The Morgan fingerprint density at radius 2 is 1.75 bits per heavy atom. The Morgan fingerprint density at radius 1 is 0.929 bits per heavy atom. The zero-order chi connectivity index (χ0) is 18.1. The van der Waals surface area contributed by atoms with Crippen LogP contribution < -0.4 is 14.9 Å². The van der Waals surface area contributed by atoms with Gasteiger partial charge < -0.3 is 9.39 Å². The number of rotatable bonds is 4. The van der Waals surface area contributed by atoms with Crippen LogP contribution in [0.1, 0.15) is 0 Å². The summed E-state index contributed by atoms with van der Waals surface area (Å²) in [5, 5.41) is 4.22. The molecule has 0 spiro atoms. The van der Waals surface area contributed by atoms with Crippen LogP contribution in [0.3, 0.4) is 0 Å². The fourth-order valence-corrected chi connectivity index (χ4v) is 3.88. The van der Waals surface area contributed by atoms with E-state index in [-0.39, 0.29) is 27.3 Å². The normalized spacial score (nSPS) is 12.1. The molecule has 0 N–H and O–H groups in total. The Labute approximate surface area is 182 Å². The number of para-hydroxylation sites is 1. The average Bonchev–Trinajstić information content (AvgIpc) is 3.38. The molecule has 1 aliphatic rings. The molecule has 0 saturated carbocycles. The standard InChI is InChI=1S/C21H13BN2O2S.Pt/c1-2-11-21-20(10-1)26-22(27-21)16-6-3-8-18(14-16)25-19-9-4-7-17(15-19)24-13-5-12-23-24;/h1-13H;/q-2;+2. The number of benzene rings is 3. The fourth-order valence-electron chi connectivity index (χ4n) is 2.85. The van der Waals surface area contributed by atoms with E-state index >= 15 is 0 Å². The van der Waals surface area contributed by atoms with Crippen molar-refractivity contribution in [1.82, 2.24) is 9.78 Å². The molecule has 138 valence electrons. The quantitative estimate of drug-likeness (QED) is 0.277. The molecule has 1 aromatic heterocycles. The van der Waals surface area contributed by atoms with Gasteiger partial charge in [-0.05, 0) is 23.9 Å². The maximum Gasteiger partial charge on any atom is 2.00 e. The van der Waals surface area contributed by atoms with Crippen molar-refractivity contribution in [2.75, 3.05) is 0 Å². The zero-order valence-electron chi connectivity index (χ0n) is 14.5. The first-order valence-corrected chi connectivity index (χ1v) is 9.38. The van der Waals surface area contributed by atoms with Gasteiger partial charge in [0.15, 0.2) is 0 Å². The van der Waals surface area contributed by atoms with Gasteiger partial charge in [0, 0.05) is 28.8 Å². The first-order chi connectivity index (χ1) is 13.3. The van der Waals surface area contributed by atoms with Gasteiger partial charge in [0.05, 0.1) is 0 Å². The number of nitrogens with zero attached hydrogens (tertiary/aromatic N) is 2. The first-order valence-electron chi connectivity index (χ1n) is 8.50. The smallest absolute Gasteiger partial charge is 0.547 e. The predicted molar refractivity (Wildman–Crippen MR) is 106 cm³/mol. The SMILES string of the molecule is [Pt+2].[c-]1c(Oc2[c-]c(-n3cccn3)ccc2)cccc1B1Oc2ccccc2S1. The summed E-state index contributed by atoms with van der Waals surface area (Å²) >= 11 is 1.68. The largest absolute Gasteiger partial charge is 2.00 e. The summed E-state index contributed by atoms with van der Waals surface area (Å²) < 4.78 is 13.7. The Morgan fingerprint density at radius 3 is 2.57 bits per heavy atom. The van der Waals surface area contributed by atoms with Crippen molar-refractivity contribution in [3.8, 4) is 22.9 Å². The maximum atomic E-state index is 6.02. The third kappa shape index (κ3) is 3.89. The van der Waals surface area contributed by atoms with Gasteiger partial charge >= 0.3 is 27.3 Å². The second-order valence-corrected chi connectivity index (χ2v) is 7.04. The molecule has 5 rings (SSSR count). The van der Waals surface area contributed by atoms with Gasteiger partial charge in [-0.25, -0.2) is 0 Å². The molecule has 4 aromatic rings. The van der Waals surface area contributed by atoms with Crippen molar-refractivity contribution in [3.05, 3.63) is 91.3 Å². The summed E-state index contributed by atoms with van der Waals surface area (Å²) in [4.78, 5) is 1.14. The van der Waals surface area contributed by atoms with Crippen molar-refractivity contribution in [3.63, 3.8) is 0 Å². The summed E-state index contributed by atoms with van der Waals surface area (Å²) in [6, 6.07) is 28.0. The van der Waals surface area contributed by atoms with E-state index in [1.165, 1.54) is 0 Å². The summed E-state index contributed by atoms with van der Waals surface area (Å²) in [5.41, 5.74) is 1.76. The number of aromatic nitrogens is 2. The van der Waals surface area contributed by atoms with Crippen LogP contribution in [0.5, 0.6) is 17.2 Å². The van der Waals surface area contributed by atoms with Crippen molar-refractivity contribution in [2.24, 2.45) is 0 Å². The molecule has 1 aliphatic heterocycles. The Bertz CT molecular complexity index is 1070. The molecule has 0 aliphatic carbocycles. The van der Waals surface area contributed by atoms with E-state index in [4.69, 9.17) is 9.39 Å². The Hall–Kier alpha value is -2.43. The molecule has 0 unspecified atom stereocenters. The van der Waals surface area contributed by atoms with Gasteiger partial charge in [-0.3, -0.25) is 4.68 Å². The van der Waals surface area contributed by atoms with Gasteiger partial charge in [0.2, 0.25) is 0 Å². The van der Waals surface area contributed by atoms with Gasteiger partial charge in [-0.2, -0.15) is 23.3 Å². The summed E-state index contributed by atoms with van der Waals surface area (Å²) in [6.07, 6.45) is 3.48. The van der Waals surface area contributed by atoms with Crippen molar-refractivity contribution < 1.29 is 30.5 Å². The average molecular weight is 563 g/mol. The van der Waals surface area contributed by atoms with Crippen LogP contribution >= 0.6 is 11.6 Å². The van der Waals surface area contributed by atoms with Crippen molar-refractivity contribution in [1.29, 1.82) is 0 Å². The van der Waals surface area contributed by atoms with E-state index in [0.29, 0.717) is 11.5 Å². The molecule has 7 heteroatoms. The molecule has 4 nitrogen and oxygen atoms in total. The molecule has 0 fully saturated rings. The summed E-state index contributed by atoms with van der Waals surface area (Å²) in [7, 11) is 0. The van der Waals surface area contributed by atoms with E-state index in [0.717, 1.165) is 21.8 Å². The van der Waals surface area contributed by atoms with Crippen LogP contribution in [0.15, 0.2) is 84.0 Å². The molecular formula is C21H13BN2O2PtS.